The number of hydrogen-bond acceptors (Lipinski definition) is 2. The number of carboxylic acid groups (broad SMARTS) is 1. The van der Waals surface area contributed by atoms with Gasteiger partial charge in [-0.15, -0.1) is 0 Å². The SMILES string of the molecule is O=C(O)C1CC(=Cc2ccc(O)cc2)C1. The second-order valence-electron chi connectivity index (χ2n) is 3.84. The van der Waals surface area contributed by atoms with Crippen LogP contribution in [0, 0.1) is 5.92 Å². The van der Waals surface area contributed by atoms with Crippen LogP contribution in [0.4, 0.5) is 0 Å². The molecule has 0 saturated heterocycles. The monoisotopic (exact) mass is 204 g/mol. The second-order valence-corrected chi connectivity index (χ2v) is 3.84. The topological polar surface area (TPSA) is 57.5 Å². The lowest BCUT2D eigenvalue weighted by molar-refractivity contribution is -0.143. The molecule has 1 aliphatic rings. The maximum Gasteiger partial charge on any atom is 0.307 e. The highest BCUT2D eigenvalue weighted by molar-refractivity contribution is 5.74. The van der Waals surface area contributed by atoms with Gasteiger partial charge in [0.1, 0.15) is 5.75 Å². The fourth-order valence-electron chi connectivity index (χ4n) is 1.67. The molecule has 2 N–H and O–H groups in total. The first-order chi connectivity index (χ1) is 7.15. The Hall–Kier alpha value is -1.77. The molecule has 78 valence electrons. The minimum atomic E-state index is -0.710. The Bertz CT molecular complexity index is 395. The quantitative estimate of drug-likeness (QED) is 0.776. The summed E-state index contributed by atoms with van der Waals surface area (Å²) in [6.45, 7) is 0. The van der Waals surface area contributed by atoms with E-state index in [4.69, 9.17) is 10.2 Å². The third kappa shape index (κ3) is 2.18. The molecule has 3 nitrogen and oxygen atoms in total. The van der Waals surface area contributed by atoms with Crippen LogP contribution in [0.25, 0.3) is 6.08 Å². The normalized spacial score (nSPS) is 19.5. The molecule has 0 bridgehead atoms. The van der Waals surface area contributed by atoms with Crippen molar-refractivity contribution in [1.29, 1.82) is 0 Å². The number of aliphatic carboxylic acids is 1. The maximum absolute atomic E-state index is 10.6. The molecule has 1 saturated carbocycles. The molecule has 0 amide bonds. The summed E-state index contributed by atoms with van der Waals surface area (Å²) < 4.78 is 0. The summed E-state index contributed by atoms with van der Waals surface area (Å²) in [7, 11) is 0. The maximum atomic E-state index is 10.6. The minimum absolute atomic E-state index is 0.201. The third-order valence-electron chi connectivity index (χ3n) is 2.63. The molecule has 0 unspecified atom stereocenters. The van der Waals surface area contributed by atoms with Crippen molar-refractivity contribution in [2.75, 3.05) is 0 Å². The van der Waals surface area contributed by atoms with Gasteiger partial charge in [-0.25, -0.2) is 0 Å². The van der Waals surface area contributed by atoms with Gasteiger partial charge in [-0.1, -0.05) is 23.8 Å². The summed E-state index contributed by atoms with van der Waals surface area (Å²) in [5.74, 6) is -0.666. The van der Waals surface area contributed by atoms with Crippen LogP contribution < -0.4 is 0 Å². The number of carboxylic acids is 1. The molecule has 0 aromatic heterocycles. The van der Waals surface area contributed by atoms with E-state index >= 15 is 0 Å². The molecule has 1 aromatic rings. The van der Waals surface area contributed by atoms with Crippen molar-refractivity contribution in [2.24, 2.45) is 5.92 Å². The van der Waals surface area contributed by atoms with Crippen molar-refractivity contribution in [2.45, 2.75) is 12.8 Å². The molecule has 3 heteroatoms. The highest BCUT2D eigenvalue weighted by Gasteiger charge is 2.28. The molecule has 15 heavy (non-hydrogen) atoms. The van der Waals surface area contributed by atoms with Gasteiger partial charge in [-0.05, 0) is 30.5 Å². The molecule has 0 radical (unpaired) electrons. The average molecular weight is 204 g/mol. The summed E-state index contributed by atoms with van der Waals surface area (Å²) in [6, 6.07) is 6.88. The predicted molar refractivity (Wildman–Crippen MR) is 56.4 cm³/mol. The van der Waals surface area contributed by atoms with Crippen LogP contribution in [0.2, 0.25) is 0 Å². The van der Waals surface area contributed by atoms with E-state index < -0.39 is 5.97 Å². The van der Waals surface area contributed by atoms with Gasteiger partial charge in [0, 0.05) is 0 Å². The molecule has 1 fully saturated rings. The number of phenols is 1. The zero-order valence-corrected chi connectivity index (χ0v) is 8.18. The summed E-state index contributed by atoms with van der Waals surface area (Å²) >= 11 is 0. The summed E-state index contributed by atoms with van der Waals surface area (Å²) in [5.41, 5.74) is 2.17. The summed E-state index contributed by atoms with van der Waals surface area (Å²) in [4.78, 5) is 10.6. The van der Waals surface area contributed by atoms with Crippen LogP contribution in [0.3, 0.4) is 0 Å². The Labute approximate surface area is 87.7 Å². The van der Waals surface area contributed by atoms with Gasteiger partial charge in [0.2, 0.25) is 0 Å². The van der Waals surface area contributed by atoms with E-state index in [0.717, 1.165) is 11.1 Å². The van der Waals surface area contributed by atoms with E-state index in [1.165, 1.54) is 0 Å². The second kappa shape index (κ2) is 3.77. The van der Waals surface area contributed by atoms with Crippen molar-refractivity contribution in [3.05, 3.63) is 35.4 Å². The number of carbonyl (C=O) groups is 1. The molecule has 0 aliphatic heterocycles. The molecular weight excluding hydrogens is 192 g/mol. The van der Waals surface area contributed by atoms with Crippen LogP contribution in [0.15, 0.2) is 29.8 Å². The summed E-state index contributed by atoms with van der Waals surface area (Å²) in [5, 5.41) is 17.8. The summed E-state index contributed by atoms with van der Waals surface area (Å²) in [6.07, 6.45) is 3.28. The number of aromatic hydroxyl groups is 1. The van der Waals surface area contributed by atoms with Crippen molar-refractivity contribution in [3.8, 4) is 5.75 Å². The standard InChI is InChI=1S/C12H12O3/c13-11-3-1-8(2-4-11)5-9-6-10(7-9)12(14)15/h1-5,10,13H,6-7H2,(H,14,15). The fourth-order valence-corrected chi connectivity index (χ4v) is 1.67. The van der Waals surface area contributed by atoms with Gasteiger partial charge in [-0.3, -0.25) is 4.79 Å². The van der Waals surface area contributed by atoms with Gasteiger partial charge in [-0.2, -0.15) is 0 Å². The van der Waals surface area contributed by atoms with Gasteiger partial charge < -0.3 is 10.2 Å². The van der Waals surface area contributed by atoms with E-state index in [1.807, 2.05) is 18.2 Å². The lowest BCUT2D eigenvalue weighted by Gasteiger charge is -2.25. The number of allylic oxidation sites excluding steroid dienone is 1. The Kier molecular flexibility index (Phi) is 2.46. The molecular formula is C12H12O3. The van der Waals surface area contributed by atoms with Crippen LogP contribution >= 0.6 is 0 Å². The Morgan fingerprint density at radius 2 is 1.87 bits per heavy atom. The molecule has 1 aliphatic carbocycles. The lowest BCUT2D eigenvalue weighted by atomic mass is 9.79. The van der Waals surface area contributed by atoms with E-state index in [2.05, 4.69) is 0 Å². The largest absolute Gasteiger partial charge is 0.508 e. The molecule has 1 aromatic carbocycles. The zero-order chi connectivity index (χ0) is 10.8. The zero-order valence-electron chi connectivity index (χ0n) is 8.18. The Balaban J connectivity index is 2.01. The van der Waals surface area contributed by atoms with Gasteiger partial charge in [0.25, 0.3) is 0 Å². The van der Waals surface area contributed by atoms with E-state index in [1.54, 1.807) is 12.1 Å². The number of phenolic OH excluding ortho intramolecular Hbond substituents is 1. The molecule has 0 atom stereocenters. The van der Waals surface area contributed by atoms with Crippen LogP contribution in [0.1, 0.15) is 18.4 Å². The average Bonchev–Trinajstić information content (AvgIpc) is 2.13. The Morgan fingerprint density at radius 3 is 2.40 bits per heavy atom. The first-order valence-electron chi connectivity index (χ1n) is 4.86. The minimum Gasteiger partial charge on any atom is -0.508 e. The first kappa shape index (κ1) is 9.77. The Morgan fingerprint density at radius 1 is 1.27 bits per heavy atom. The van der Waals surface area contributed by atoms with Crippen LogP contribution in [0.5, 0.6) is 5.75 Å². The van der Waals surface area contributed by atoms with E-state index in [-0.39, 0.29) is 11.7 Å². The van der Waals surface area contributed by atoms with Gasteiger partial charge in [0.15, 0.2) is 0 Å². The number of benzene rings is 1. The predicted octanol–water partition coefficient (Wildman–Crippen LogP) is 2.27. The smallest absolute Gasteiger partial charge is 0.307 e. The first-order valence-corrected chi connectivity index (χ1v) is 4.86. The van der Waals surface area contributed by atoms with E-state index in [9.17, 15) is 4.79 Å². The lowest BCUT2D eigenvalue weighted by Crippen LogP contribution is -2.23. The van der Waals surface area contributed by atoms with Gasteiger partial charge >= 0.3 is 5.97 Å². The number of hydrogen-bond donors (Lipinski definition) is 2. The van der Waals surface area contributed by atoms with Crippen molar-refractivity contribution in [3.63, 3.8) is 0 Å². The highest BCUT2D eigenvalue weighted by atomic mass is 16.4. The fraction of sp³-hybridized carbons (Fsp3) is 0.250. The van der Waals surface area contributed by atoms with E-state index in [0.29, 0.717) is 12.8 Å². The number of rotatable bonds is 2. The van der Waals surface area contributed by atoms with Crippen molar-refractivity contribution >= 4 is 12.0 Å². The van der Waals surface area contributed by atoms with Crippen molar-refractivity contribution in [1.82, 2.24) is 0 Å². The van der Waals surface area contributed by atoms with Crippen molar-refractivity contribution < 1.29 is 15.0 Å². The van der Waals surface area contributed by atoms with Crippen LogP contribution in [-0.4, -0.2) is 16.2 Å². The molecule has 0 heterocycles. The van der Waals surface area contributed by atoms with Crippen LogP contribution in [-0.2, 0) is 4.79 Å². The third-order valence-corrected chi connectivity index (χ3v) is 2.63. The molecule has 0 spiro atoms. The highest BCUT2D eigenvalue weighted by Crippen LogP contribution is 2.34. The van der Waals surface area contributed by atoms with Gasteiger partial charge in [0.05, 0.1) is 5.92 Å². The molecule has 2 rings (SSSR count).